The van der Waals surface area contributed by atoms with Crippen LogP contribution in [0.2, 0.25) is 6.55 Å². The van der Waals surface area contributed by atoms with Crippen LogP contribution >= 0.6 is 0 Å². The van der Waals surface area contributed by atoms with E-state index in [0.29, 0.717) is 17.8 Å². The summed E-state index contributed by atoms with van der Waals surface area (Å²) in [5.74, 6) is 2.96. The fourth-order valence-corrected chi connectivity index (χ4v) is 6.85. The normalized spacial score (nSPS) is 24.3. The standard InChI is InChI=1S/C22H28OSi/c1-16-17(2)19(4)22(18(16)3)23-24(5,20-12-8-6-9-13-20)21-14-10-7-11-15-21/h6-18H,1-5H3/t16-,17+,18?/m1/s1. The molecule has 3 atom stereocenters. The van der Waals surface area contributed by atoms with E-state index in [-0.39, 0.29) is 0 Å². The molecule has 0 fully saturated rings. The van der Waals surface area contributed by atoms with Crippen LogP contribution in [-0.2, 0) is 4.43 Å². The van der Waals surface area contributed by atoms with Crippen LogP contribution in [0.4, 0.5) is 0 Å². The SMILES string of the molecule is CC1=C(O[Si](C)(c2ccccc2)c2ccccc2)C(C)[C@H](C)[C@@H]1C. The fourth-order valence-electron chi connectivity index (χ4n) is 3.84. The summed E-state index contributed by atoms with van der Waals surface area (Å²) in [5.41, 5.74) is 1.43. The van der Waals surface area contributed by atoms with Gasteiger partial charge in [-0.25, -0.2) is 0 Å². The summed E-state index contributed by atoms with van der Waals surface area (Å²) in [7, 11) is -2.27. The molecule has 0 bridgehead atoms. The van der Waals surface area contributed by atoms with Crippen molar-refractivity contribution in [2.24, 2.45) is 17.8 Å². The lowest BCUT2D eigenvalue weighted by molar-refractivity contribution is 0.312. The van der Waals surface area contributed by atoms with E-state index in [0.717, 1.165) is 0 Å². The molecule has 126 valence electrons. The fraction of sp³-hybridized carbons (Fsp3) is 0.364. The zero-order valence-corrected chi connectivity index (χ0v) is 16.4. The predicted octanol–water partition coefficient (Wildman–Crippen LogP) is 4.59. The van der Waals surface area contributed by atoms with E-state index in [2.05, 4.69) is 94.9 Å². The summed E-state index contributed by atoms with van der Waals surface area (Å²) >= 11 is 0. The number of hydrogen-bond acceptors (Lipinski definition) is 1. The minimum atomic E-state index is -2.27. The molecule has 0 aromatic heterocycles. The lowest BCUT2D eigenvalue weighted by Gasteiger charge is -2.32. The Bertz CT molecular complexity index is 681. The number of allylic oxidation sites excluding steroid dienone is 2. The lowest BCUT2D eigenvalue weighted by Crippen LogP contribution is -2.58. The van der Waals surface area contributed by atoms with Crippen LogP contribution in [0.5, 0.6) is 0 Å². The minimum absolute atomic E-state index is 0.485. The van der Waals surface area contributed by atoms with Crippen molar-refractivity contribution in [1.29, 1.82) is 0 Å². The highest BCUT2D eigenvalue weighted by Gasteiger charge is 2.41. The quantitative estimate of drug-likeness (QED) is 0.742. The van der Waals surface area contributed by atoms with Gasteiger partial charge in [-0.05, 0) is 41.3 Å². The van der Waals surface area contributed by atoms with E-state index in [1.165, 1.54) is 21.7 Å². The van der Waals surface area contributed by atoms with Crippen molar-refractivity contribution < 1.29 is 4.43 Å². The molecule has 2 aromatic carbocycles. The largest absolute Gasteiger partial charge is 0.538 e. The highest BCUT2D eigenvalue weighted by molar-refractivity contribution is 6.96. The maximum absolute atomic E-state index is 6.95. The maximum atomic E-state index is 6.95. The summed E-state index contributed by atoms with van der Waals surface area (Å²) in [4.78, 5) is 0. The van der Waals surface area contributed by atoms with Gasteiger partial charge in [-0.3, -0.25) is 0 Å². The Kier molecular flexibility index (Phi) is 4.68. The van der Waals surface area contributed by atoms with Crippen molar-refractivity contribution in [2.75, 3.05) is 0 Å². The zero-order chi connectivity index (χ0) is 17.3. The molecule has 0 heterocycles. The van der Waals surface area contributed by atoms with E-state index < -0.39 is 8.32 Å². The minimum Gasteiger partial charge on any atom is -0.538 e. The van der Waals surface area contributed by atoms with Crippen molar-refractivity contribution in [2.45, 2.75) is 34.2 Å². The molecule has 1 aliphatic carbocycles. The maximum Gasteiger partial charge on any atom is 0.311 e. The van der Waals surface area contributed by atoms with Crippen LogP contribution in [0.25, 0.3) is 0 Å². The summed E-state index contributed by atoms with van der Waals surface area (Å²) in [6.45, 7) is 11.6. The van der Waals surface area contributed by atoms with E-state index in [1.54, 1.807) is 0 Å². The van der Waals surface area contributed by atoms with Gasteiger partial charge in [-0.2, -0.15) is 0 Å². The molecule has 0 saturated carbocycles. The second-order valence-electron chi connectivity index (χ2n) is 7.35. The topological polar surface area (TPSA) is 9.23 Å². The van der Waals surface area contributed by atoms with Crippen LogP contribution in [-0.4, -0.2) is 8.32 Å². The monoisotopic (exact) mass is 336 g/mol. The van der Waals surface area contributed by atoms with Crippen LogP contribution in [0.1, 0.15) is 27.7 Å². The van der Waals surface area contributed by atoms with Crippen LogP contribution in [0.3, 0.4) is 0 Å². The summed E-state index contributed by atoms with van der Waals surface area (Å²) < 4.78 is 6.95. The highest BCUT2D eigenvalue weighted by Crippen LogP contribution is 2.42. The van der Waals surface area contributed by atoms with E-state index >= 15 is 0 Å². The molecule has 1 aliphatic rings. The molecule has 0 N–H and O–H groups in total. The first-order valence-electron chi connectivity index (χ1n) is 8.96. The van der Waals surface area contributed by atoms with E-state index in [1.807, 2.05) is 0 Å². The smallest absolute Gasteiger partial charge is 0.311 e. The van der Waals surface area contributed by atoms with Gasteiger partial charge in [0, 0.05) is 5.92 Å². The molecule has 0 spiro atoms. The molecule has 0 aliphatic heterocycles. The number of rotatable bonds is 4. The number of hydrogen-bond donors (Lipinski definition) is 0. The molecule has 24 heavy (non-hydrogen) atoms. The van der Waals surface area contributed by atoms with Crippen molar-refractivity contribution >= 4 is 18.7 Å². The van der Waals surface area contributed by atoms with Gasteiger partial charge in [-0.1, -0.05) is 81.4 Å². The van der Waals surface area contributed by atoms with Crippen molar-refractivity contribution in [3.63, 3.8) is 0 Å². The van der Waals surface area contributed by atoms with Gasteiger partial charge in [0.25, 0.3) is 0 Å². The number of benzene rings is 2. The van der Waals surface area contributed by atoms with E-state index in [9.17, 15) is 0 Å². The molecule has 2 aromatic rings. The summed E-state index contributed by atoms with van der Waals surface area (Å²) in [6, 6.07) is 21.5. The highest BCUT2D eigenvalue weighted by atomic mass is 28.4. The third kappa shape index (κ3) is 2.84. The third-order valence-electron chi connectivity index (χ3n) is 6.03. The molecule has 0 amide bonds. The third-order valence-corrected chi connectivity index (χ3v) is 9.52. The predicted molar refractivity (Wildman–Crippen MR) is 105 cm³/mol. The molecular weight excluding hydrogens is 308 g/mol. The molecule has 0 saturated heterocycles. The first kappa shape index (κ1) is 17.0. The molecule has 1 nitrogen and oxygen atoms in total. The van der Waals surface area contributed by atoms with Gasteiger partial charge < -0.3 is 4.43 Å². The second kappa shape index (κ2) is 6.60. The Morgan fingerprint density at radius 2 is 1.21 bits per heavy atom. The Morgan fingerprint density at radius 1 is 0.750 bits per heavy atom. The van der Waals surface area contributed by atoms with Gasteiger partial charge in [0.2, 0.25) is 0 Å². The van der Waals surface area contributed by atoms with E-state index in [4.69, 9.17) is 4.43 Å². The summed E-state index contributed by atoms with van der Waals surface area (Å²) in [6.07, 6.45) is 0. The summed E-state index contributed by atoms with van der Waals surface area (Å²) in [5, 5.41) is 2.66. The van der Waals surface area contributed by atoms with Gasteiger partial charge in [0.15, 0.2) is 0 Å². The van der Waals surface area contributed by atoms with Crippen molar-refractivity contribution in [3.8, 4) is 0 Å². The van der Waals surface area contributed by atoms with Gasteiger partial charge in [-0.15, -0.1) is 0 Å². The Hall–Kier alpha value is -1.80. The lowest BCUT2D eigenvalue weighted by atomic mass is 9.90. The average molecular weight is 337 g/mol. The van der Waals surface area contributed by atoms with Crippen LogP contribution < -0.4 is 10.4 Å². The molecule has 0 radical (unpaired) electrons. The van der Waals surface area contributed by atoms with Crippen molar-refractivity contribution in [1.82, 2.24) is 0 Å². The van der Waals surface area contributed by atoms with Gasteiger partial charge >= 0.3 is 8.32 Å². The van der Waals surface area contributed by atoms with Crippen molar-refractivity contribution in [3.05, 3.63) is 72.0 Å². The molecule has 2 heteroatoms. The van der Waals surface area contributed by atoms with Gasteiger partial charge in [0.05, 0.1) is 5.76 Å². The van der Waals surface area contributed by atoms with Crippen LogP contribution in [0.15, 0.2) is 72.0 Å². The second-order valence-corrected chi connectivity index (χ2v) is 10.8. The van der Waals surface area contributed by atoms with Gasteiger partial charge in [0.1, 0.15) is 0 Å². The average Bonchev–Trinajstić information content (AvgIpc) is 2.81. The Balaban J connectivity index is 2.08. The first-order chi connectivity index (χ1) is 11.4. The molecular formula is C22H28OSi. The zero-order valence-electron chi connectivity index (χ0n) is 15.4. The molecule has 3 rings (SSSR count). The molecule has 1 unspecified atom stereocenters. The first-order valence-corrected chi connectivity index (χ1v) is 11.4. The Morgan fingerprint density at radius 3 is 1.58 bits per heavy atom. The van der Waals surface area contributed by atoms with Crippen LogP contribution in [0, 0.1) is 17.8 Å². The Labute approximate surface area is 147 Å².